The summed E-state index contributed by atoms with van der Waals surface area (Å²) >= 11 is 3.46. The molecule has 0 bridgehead atoms. The monoisotopic (exact) mass is 345 g/mol. The molecule has 0 saturated heterocycles. The van der Waals surface area contributed by atoms with Crippen LogP contribution in [0.5, 0.6) is 0 Å². The summed E-state index contributed by atoms with van der Waals surface area (Å²) in [6.07, 6.45) is 4.99. The number of carbonyl (C=O) groups is 1. The first-order valence-electron chi connectivity index (χ1n) is 6.88. The molecule has 1 aliphatic rings. The van der Waals surface area contributed by atoms with E-state index in [0.29, 0.717) is 6.42 Å². The Kier molecular flexibility index (Phi) is 4.03. The predicted octanol–water partition coefficient (Wildman–Crippen LogP) is 3.04. The summed E-state index contributed by atoms with van der Waals surface area (Å²) in [6.45, 7) is 0. The van der Waals surface area contributed by atoms with E-state index >= 15 is 0 Å². The van der Waals surface area contributed by atoms with Gasteiger partial charge in [0.25, 0.3) is 0 Å². The van der Waals surface area contributed by atoms with Crippen molar-refractivity contribution >= 4 is 27.5 Å². The lowest BCUT2D eigenvalue weighted by Gasteiger charge is -2.22. The summed E-state index contributed by atoms with van der Waals surface area (Å²) in [6, 6.07) is 8.34. The molecule has 0 spiro atoms. The second-order valence-corrected chi connectivity index (χ2v) is 6.04. The number of benzene rings is 1. The first-order valence-corrected chi connectivity index (χ1v) is 7.67. The van der Waals surface area contributed by atoms with Crippen molar-refractivity contribution in [2.45, 2.75) is 18.9 Å². The minimum atomic E-state index is 0.0814. The van der Waals surface area contributed by atoms with Crippen LogP contribution < -0.4 is 10.6 Å². The normalized spacial score (nSPS) is 15.2. The number of nitrogens with zero attached hydrogens (tertiary/aromatic N) is 1. The zero-order chi connectivity index (χ0) is 14.8. The minimum Gasteiger partial charge on any atom is -0.326 e. The molecular weight excluding hydrogens is 330 g/mol. The molecule has 1 atom stereocenters. The van der Waals surface area contributed by atoms with E-state index < -0.39 is 0 Å². The highest BCUT2D eigenvalue weighted by Gasteiger charge is 2.18. The molecule has 21 heavy (non-hydrogen) atoms. The van der Waals surface area contributed by atoms with Gasteiger partial charge < -0.3 is 10.6 Å². The number of hydrogen-bond donors (Lipinski definition) is 2. The van der Waals surface area contributed by atoms with Crippen molar-refractivity contribution in [3.8, 4) is 0 Å². The van der Waals surface area contributed by atoms with E-state index in [1.165, 1.54) is 11.1 Å². The molecule has 1 aliphatic heterocycles. The van der Waals surface area contributed by atoms with Gasteiger partial charge in [0.05, 0.1) is 6.04 Å². The van der Waals surface area contributed by atoms with Gasteiger partial charge in [-0.25, -0.2) is 0 Å². The molecule has 0 aliphatic carbocycles. The predicted molar refractivity (Wildman–Crippen MR) is 86.2 cm³/mol. The molecule has 0 fully saturated rings. The maximum absolute atomic E-state index is 11.4. The van der Waals surface area contributed by atoms with Gasteiger partial charge in [-0.15, -0.1) is 0 Å². The molecule has 4 nitrogen and oxygen atoms in total. The van der Waals surface area contributed by atoms with Gasteiger partial charge in [0, 0.05) is 29.0 Å². The fourth-order valence-electron chi connectivity index (χ4n) is 2.69. The van der Waals surface area contributed by atoms with Crippen molar-refractivity contribution in [3.05, 3.63) is 57.8 Å². The number of halogens is 1. The Hall–Kier alpha value is -1.72. The van der Waals surface area contributed by atoms with Crippen LogP contribution in [0.3, 0.4) is 0 Å². The Balaban J connectivity index is 1.96. The van der Waals surface area contributed by atoms with E-state index in [0.717, 1.165) is 22.1 Å². The summed E-state index contributed by atoms with van der Waals surface area (Å²) in [5, 5.41) is 6.24. The van der Waals surface area contributed by atoms with E-state index in [9.17, 15) is 4.79 Å². The number of pyridine rings is 1. The number of anilines is 1. The van der Waals surface area contributed by atoms with Gasteiger partial charge in [-0.1, -0.05) is 12.1 Å². The summed E-state index contributed by atoms with van der Waals surface area (Å²) in [4.78, 5) is 15.7. The van der Waals surface area contributed by atoms with Crippen LogP contribution in [0.25, 0.3) is 0 Å². The van der Waals surface area contributed by atoms with Crippen LogP contribution in [-0.4, -0.2) is 17.9 Å². The number of nitrogens with one attached hydrogen (secondary N) is 2. The Morgan fingerprint density at radius 1 is 1.24 bits per heavy atom. The quantitative estimate of drug-likeness (QED) is 0.898. The second kappa shape index (κ2) is 5.95. The van der Waals surface area contributed by atoms with Crippen molar-refractivity contribution < 1.29 is 4.79 Å². The summed E-state index contributed by atoms with van der Waals surface area (Å²) in [7, 11) is 1.94. The largest absolute Gasteiger partial charge is 0.326 e. The average Bonchev–Trinajstić information content (AvgIpc) is 2.48. The highest BCUT2D eigenvalue weighted by Crippen LogP contribution is 2.29. The van der Waals surface area contributed by atoms with Crippen molar-refractivity contribution in [2.75, 3.05) is 12.4 Å². The molecule has 1 aromatic heterocycles. The summed E-state index contributed by atoms with van der Waals surface area (Å²) < 4.78 is 0.963. The number of amides is 1. The van der Waals surface area contributed by atoms with E-state index in [4.69, 9.17) is 0 Å². The molecule has 108 valence electrons. The molecule has 5 heteroatoms. The molecule has 1 amide bonds. The van der Waals surface area contributed by atoms with Crippen LogP contribution in [0.1, 0.15) is 29.2 Å². The molecule has 0 saturated carbocycles. The average molecular weight is 346 g/mol. The van der Waals surface area contributed by atoms with Crippen LogP contribution in [0, 0.1) is 0 Å². The highest BCUT2D eigenvalue weighted by atomic mass is 79.9. The molecule has 2 N–H and O–H groups in total. The third-order valence-electron chi connectivity index (χ3n) is 3.71. The fourth-order valence-corrected chi connectivity index (χ4v) is 3.08. The third kappa shape index (κ3) is 2.99. The second-order valence-electron chi connectivity index (χ2n) is 5.12. The van der Waals surface area contributed by atoms with Gasteiger partial charge >= 0.3 is 0 Å². The number of aromatic nitrogens is 1. The SMILES string of the molecule is CNC(c1cncc(Br)c1)c1ccc2c(c1)CCC(=O)N2. The smallest absolute Gasteiger partial charge is 0.224 e. The first-order chi connectivity index (χ1) is 10.2. The highest BCUT2D eigenvalue weighted by molar-refractivity contribution is 9.10. The molecule has 1 unspecified atom stereocenters. The summed E-state index contributed by atoms with van der Waals surface area (Å²) in [5.41, 5.74) is 4.39. The van der Waals surface area contributed by atoms with Gasteiger partial charge in [0.15, 0.2) is 0 Å². The van der Waals surface area contributed by atoms with Crippen LogP contribution in [-0.2, 0) is 11.2 Å². The Morgan fingerprint density at radius 3 is 2.86 bits per heavy atom. The van der Waals surface area contributed by atoms with E-state index in [2.05, 4.69) is 43.7 Å². The van der Waals surface area contributed by atoms with Gasteiger partial charge in [0.2, 0.25) is 5.91 Å². The Morgan fingerprint density at radius 2 is 2.10 bits per heavy atom. The summed E-state index contributed by atoms with van der Waals surface area (Å²) in [5.74, 6) is 0.0941. The lowest BCUT2D eigenvalue weighted by Crippen LogP contribution is -2.21. The number of hydrogen-bond acceptors (Lipinski definition) is 3. The Labute approximate surface area is 132 Å². The topological polar surface area (TPSA) is 54.0 Å². The standard InChI is InChI=1S/C16H16BrN3O/c1-18-16(12-7-13(17)9-19-8-12)11-2-4-14-10(6-11)3-5-15(21)20-14/h2,4,6-9,16,18H,3,5H2,1H3,(H,20,21). The molecule has 1 aromatic carbocycles. The molecule has 2 aromatic rings. The molecule has 2 heterocycles. The fraction of sp³-hybridized carbons (Fsp3) is 0.250. The van der Waals surface area contributed by atoms with Crippen molar-refractivity contribution in [1.82, 2.24) is 10.3 Å². The minimum absolute atomic E-state index is 0.0814. The number of carbonyl (C=O) groups excluding carboxylic acids is 1. The zero-order valence-corrected chi connectivity index (χ0v) is 13.3. The third-order valence-corrected chi connectivity index (χ3v) is 4.14. The number of aryl methyl sites for hydroxylation is 1. The van der Waals surface area contributed by atoms with Gasteiger partial charge in [-0.2, -0.15) is 0 Å². The van der Waals surface area contributed by atoms with Gasteiger partial charge in [-0.05, 0) is 58.2 Å². The van der Waals surface area contributed by atoms with Crippen LogP contribution in [0.2, 0.25) is 0 Å². The van der Waals surface area contributed by atoms with E-state index in [1.54, 1.807) is 6.20 Å². The van der Waals surface area contributed by atoms with Crippen molar-refractivity contribution in [2.24, 2.45) is 0 Å². The lowest BCUT2D eigenvalue weighted by atomic mass is 9.94. The number of rotatable bonds is 3. The van der Waals surface area contributed by atoms with Crippen LogP contribution >= 0.6 is 15.9 Å². The first kappa shape index (κ1) is 14.2. The van der Waals surface area contributed by atoms with E-state index in [1.807, 2.05) is 25.4 Å². The van der Waals surface area contributed by atoms with Crippen molar-refractivity contribution in [3.63, 3.8) is 0 Å². The lowest BCUT2D eigenvalue weighted by molar-refractivity contribution is -0.116. The zero-order valence-electron chi connectivity index (χ0n) is 11.7. The molecular formula is C16H16BrN3O. The van der Waals surface area contributed by atoms with Gasteiger partial charge in [0.1, 0.15) is 0 Å². The Bertz CT molecular complexity index is 687. The maximum atomic E-state index is 11.4. The van der Waals surface area contributed by atoms with Gasteiger partial charge in [-0.3, -0.25) is 9.78 Å². The number of fused-ring (bicyclic) bond motifs is 1. The van der Waals surface area contributed by atoms with Crippen LogP contribution in [0.15, 0.2) is 41.1 Å². The van der Waals surface area contributed by atoms with Crippen molar-refractivity contribution in [1.29, 1.82) is 0 Å². The molecule has 3 rings (SSSR count). The van der Waals surface area contributed by atoms with E-state index in [-0.39, 0.29) is 11.9 Å². The molecule has 0 radical (unpaired) electrons. The maximum Gasteiger partial charge on any atom is 0.224 e. The van der Waals surface area contributed by atoms with Crippen LogP contribution in [0.4, 0.5) is 5.69 Å².